The minimum atomic E-state index is -0.487. The van der Waals surface area contributed by atoms with Crippen LogP contribution in [0.3, 0.4) is 0 Å². The normalized spacial score (nSPS) is 12.1. The summed E-state index contributed by atoms with van der Waals surface area (Å²) in [6, 6.07) is 32.3. The smallest absolute Gasteiger partial charge is 0.198 e. The maximum Gasteiger partial charge on any atom is 0.198 e. The van der Waals surface area contributed by atoms with Crippen LogP contribution in [0.1, 0.15) is 79.0 Å². The van der Waals surface area contributed by atoms with Gasteiger partial charge in [-0.25, -0.2) is 9.83 Å². The number of aromatic hydroxyl groups is 1. The number of rotatable bonds is 4. The number of nitrogens with zero attached hydrogens (tertiary/aromatic N) is 4. The molecule has 0 fully saturated rings. The summed E-state index contributed by atoms with van der Waals surface area (Å²) in [7, 11) is 0. The topological polar surface area (TPSA) is 55.3 Å². The zero-order valence-corrected chi connectivity index (χ0v) is 32.0. The van der Waals surface area contributed by atoms with Gasteiger partial charge < -0.3 is 5.11 Å². The fourth-order valence-corrected chi connectivity index (χ4v) is 6.38. The first-order chi connectivity index (χ1) is 22.6. The van der Waals surface area contributed by atoms with E-state index in [1.807, 2.05) is 69.4 Å². The van der Waals surface area contributed by atoms with Crippen LogP contribution in [0.15, 0.2) is 91.1 Å². The minimum absolute atomic E-state index is 0. The molecule has 4 aromatic carbocycles. The van der Waals surface area contributed by atoms with E-state index in [9.17, 15) is 5.11 Å². The molecule has 252 valence electrons. The maximum atomic E-state index is 12.1. The van der Waals surface area contributed by atoms with Gasteiger partial charge in [-0.1, -0.05) is 122 Å². The number of phenols is 1. The van der Waals surface area contributed by atoms with E-state index in [1.165, 1.54) is 5.56 Å². The van der Waals surface area contributed by atoms with Crippen molar-refractivity contribution in [2.75, 3.05) is 0 Å². The molecule has 0 bridgehead atoms. The molecule has 1 N–H and O–H groups in total. The van der Waals surface area contributed by atoms with Gasteiger partial charge in [-0.05, 0) is 46.1 Å². The number of imidazole rings is 1. The predicted molar refractivity (Wildman–Crippen MR) is 198 cm³/mol. The van der Waals surface area contributed by atoms with Crippen LogP contribution in [0.25, 0.3) is 55.3 Å². The Kier molecular flexibility index (Phi) is 9.54. The van der Waals surface area contributed by atoms with Gasteiger partial charge in [0.1, 0.15) is 11.6 Å². The Morgan fingerprint density at radius 3 is 2.00 bits per heavy atom. The summed E-state index contributed by atoms with van der Waals surface area (Å²) in [5.41, 5.74) is 9.15. The second-order valence-electron chi connectivity index (χ2n) is 15.6. The molecule has 2 heterocycles. The van der Waals surface area contributed by atoms with Crippen molar-refractivity contribution in [3.05, 3.63) is 125 Å². The van der Waals surface area contributed by atoms with Crippen LogP contribution in [-0.2, 0) is 37.3 Å². The van der Waals surface area contributed by atoms with E-state index in [-0.39, 0.29) is 37.6 Å². The average molecular weight is 827 g/mol. The first-order valence-electron chi connectivity index (χ1n) is 16.4. The molecule has 0 saturated heterocycles. The van der Waals surface area contributed by atoms with E-state index < -0.39 is 5.41 Å². The van der Waals surface area contributed by atoms with E-state index in [1.54, 1.807) is 0 Å². The third-order valence-electron chi connectivity index (χ3n) is 8.85. The third-order valence-corrected chi connectivity index (χ3v) is 8.85. The number of pyridine rings is 1. The molecule has 6 heteroatoms. The van der Waals surface area contributed by atoms with Crippen LogP contribution in [0, 0.1) is 12.6 Å². The van der Waals surface area contributed by atoms with E-state index in [4.69, 9.17) is 11.6 Å². The number of hydrogen-bond donors (Lipinski definition) is 1. The number of para-hydroxylation sites is 2. The zero-order chi connectivity index (χ0) is 34.6. The molecule has 6 aromatic rings. The van der Waals surface area contributed by atoms with Gasteiger partial charge in [-0.15, -0.1) is 29.3 Å². The largest absolute Gasteiger partial charge is 0.508 e. The van der Waals surface area contributed by atoms with Gasteiger partial charge in [0.25, 0.3) is 0 Å². The Labute approximate surface area is 305 Å². The number of aromatic nitrogens is 3. The summed E-state index contributed by atoms with van der Waals surface area (Å²) in [5, 5.41) is 12.1. The molecule has 0 aliphatic rings. The molecular weight excluding hydrogens is 784 g/mol. The molecule has 0 aliphatic carbocycles. The Balaban J connectivity index is 0.00000468. The van der Waals surface area contributed by atoms with Crippen LogP contribution < -0.4 is 0 Å². The molecular formula is C43H43N4OPt-. The van der Waals surface area contributed by atoms with Crippen LogP contribution >= 0.6 is 0 Å². The van der Waals surface area contributed by atoms with E-state index in [0.717, 1.165) is 44.7 Å². The van der Waals surface area contributed by atoms with Crippen LogP contribution in [-0.4, -0.2) is 19.6 Å². The van der Waals surface area contributed by atoms with Crippen molar-refractivity contribution >= 4 is 16.7 Å². The van der Waals surface area contributed by atoms with Crippen molar-refractivity contribution in [3.8, 4) is 45.2 Å². The molecule has 2 aromatic heterocycles. The van der Waals surface area contributed by atoms with Crippen molar-refractivity contribution in [2.45, 2.75) is 78.6 Å². The molecule has 0 radical (unpaired) electrons. The van der Waals surface area contributed by atoms with Gasteiger partial charge in [0, 0.05) is 44.2 Å². The monoisotopic (exact) mass is 826 g/mol. The van der Waals surface area contributed by atoms with Crippen molar-refractivity contribution in [1.82, 2.24) is 14.5 Å². The van der Waals surface area contributed by atoms with Crippen LogP contribution in [0.5, 0.6) is 5.75 Å². The van der Waals surface area contributed by atoms with Crippen molar-refractivity contribution in [1.29, 1.82) is 0 Å². The fourth-order valence-electron chi connectivity index (χ4n) is 6.38. The Bertz CT molecular complexity index is 2190. The first kappa shape index (κ1) is 35.8. The summed E-state index contributed by atoms with van der Waals surface area (Å²) in [4.78, 5) is 14.0. The minimum Gasteiger partial charge on any atom is -0.508 e. The standard InChI is InChI=1S/C43H43N4O.Pt/c1-41(2,3)29-24-27(23-28(25-29)34-20-14-15-22-45-34)31-19-16-21-35-37(31)46-40(47(35)30-17-12-11-13-18-30)32-26-33(42(4,5)6)38(44-10)36(39(32)48)43(7,8)9;/h11-22,24-26,48H,1-9H3;/q-1;. The summed E-state index contributed by atoms with van der Waals surface area (Å²) in [5.74, 6) is 0.708. The summed E-state index contributed by atoms with van der Waals surface area (Å²) < 4.78 is 2.12. The van der Waals surface area contributed by atoms with Gasteiger partial charge in [-0.2, -0.15) is 0 Å². The maximum absolute atomic E-state index is 12.1. The van der Waals surface area contributed by atoms with Crippen LogP contribution in [0.2, 0.25) is 0 Å². The van der Waals surface area contributed by atoms with Gasteiger partial charge >= 0.3 is 0 Å². The average Bonchev–Trinajstić information content (AvgIpc) is 3.43. The van der Waals surface area contributed by atoms with Gasteiger partial charge in [-0.3, -0.25) is 9.55 Å². The number of fused-ring (bicyclic) bond motifs is 1. The summed E-state index contributed by atoms with van der Waals surface area (Å²) in [6.45, 7) is 27.3. The number of benzene rings is 4. The molecule has 0 spiro atoms. The second kappa shape index (κ2) is 13.1. The van der Waals surface area contributed by atoms with E-state index >= 15 is 0 Å². The van der Waals surface area contributed by atoms with Gasteiger partial charge in [0.2, 0.25) is 0 Å². The second-order valence-corrected chi connectivity index (χ2v) is 15.6. The molecule has 0 atom stereocenters. The number of hydrogen-bond acceptors (Lipinski definition) is 3. The van der Waals surface area contributed by atoms with Crippen molar-refractivity contribution < 1.29 is 26.2 Å². The SMILES string of the molecule is [C-]#[N+]c1c(C(C)(C)C)cc(-c2nc3c(-c4[c-]c(-c5ccccn5)cc(C(C)(C)C)c4)cccc3n2-c2ccccc2)c(O)c1C(C)(C)C.[Pt]. The molecule has 6 rings (SSSR count). The Morgan fingerprint density at radius 1 is 0.735 bits per heavy atom. The molecule has 0 amide bonds. The summed E-state index contributed by atoms with van der Waals surface area (Å²) in [6.07, 6.45) is 1.81. The van der Waals surface area contributed by atoms with Gasteiger partial charge in [0.15, 0.2) is 5.69 Å². The molecule has 49 heavy (non-hydrogen) atoms. The first-order valence-corrected chi connectivity index (χ1v) is 16.4. The molecule has 0 saturated carbocycles. The summed E-state index contributed by atoms with van der Waals surface area (Å²) >= 11 is 0. The van der Waals surface area contributed by atoms with E-state index in [2.05, 4.69) is 104 Å². The number of phenolic OH excluding ortho intramolecular Hbond substituents is 1. The van der Waals surface area contributed by atoms with Crippen molar-refractivity contribution in [3.63, 3.8) is 0 Å². The van der Waals surface area contributed by atoms with Gasteiger partial charge in [0.05, 0.1) is 23.2 Å². The zero-order valence-electron chi connectivity index (χ0n) is 29.7. The third kappa shape index (κ3) is 6.72. The Hall–Kier alpha value is -4.52. The molecule has 0 aliphatic heterocycles. The Morgan fingerprint density at radius 2 is 1.41 bits per heavy atom. The molecule has 5 nitrogen and oxygen atoms in total. The van der Waals surface area contributed by atoms with E-state index in [0.29, 0.717) is 22.6 Å². The van der Waals surface area contributed by atoms with Crippen LogP contribution in [0.4, 0.5) is 5.69 Å². The predicted octanol–water partition coefficient (Wildman–Crippen LogP) is 11.4. The molecule has 0 unspecified atom stereocenters. The quantitative estimate of drug-likeness (QED) is 0.180. The fraction of sp³-hybridized carbons (Fsp3) is 0.279. The van der Waals surface area contributed by atoms with Crippen molar-refractivity contribution in [2.24, 2.45) is 0 Å².